The summed E-state index contributed by atoms with van der Waals surface area (Å²) in [6, 6.07) is 5.51. The minimum Gasteiger partial charge on any atom is -0.459 e. The Hall–Kier alpha value is -1.58. The lowest BCUT2D eigenvalue weighted by molar-refractivity contribution is 0.157. The summed E-state index contributed by atoms with van der Waals surface area (Å²) in [5, 5.41) is 0. The third kappa shape index (κ3) is 8.61. The van der Waals surface area contributed by atoms with Crippen LogP contribution in [0.1, 0.15) is 108 Å². The molecule has 0 aliphatic heterocycles. The first-order chi connectivity index (χ1) is 16.2. The topological polar surface area (TPSA) is 18.5 Å². The Morgan fingerprint density at radius 1 is 0.818 bits per heavy atom. The highest BCUT2D eigenvalue weighted by Crippen LogP contribution is 2.40. The van der Waals surface area contributed by atoms with Crippen molar-refractivity contribution in [2.45, 2.75) is 103 Å². The molecular weight excluding hydrogens is 418 g/mol. The van der Waals surface area contributed by atoms with Gasteiger partial charge in [0.1, 0.15) is 0 Å². The van der Waals surface area contributed by atoms with Crippen LogP contribution in [0.3, 0.4) is 0 Å². The summed E-state index contributed by atoms with van der Waals surface area (Å²) in [5.74, 6) is 3.64. The second-order valence-corrected chi connectivity index (χ2v) is 10.2. The molecule has 0 N–H and O–H groups in total. The van der Waals surface area contributed by atoms with Crippen molar-refractivity contribution in [3.8, 4) is 11.5 Å². The van der Waals surface area contributed by atoms with Crippen LogP contribution >= 0.6 is 0 Å². The van der Waals surface area contributed by atoms with Gasteiger partial charge in [0.25, 0.3) is 0 Å². The van der Waals surface area contributed by atoms with E-state index < -0.39 is 13.7 Å². The summed E-state index contributed by atoms with van der Waals surface area (Å²) in [4.78, 5) is 0. The Bertz CT molecular complexity index is 689. The molecule has 2 aliphatic rings. The lowest BCUT2D eigenvalue weighted by Gasteiger charge is -2.29. The molecule has 4 heteroatoms. The average molecular weight is 463 g/mol. The van der Waals surface area contributed by atoms with Crippen LogP contribution in [0.5, 0.6) is 11.5 Å². The van der Waals surface area contributed by atoms with Gasteiger partial charge >= 0.3 is 0 Å². The number of ether oxygens (including phenoxy) is 2. The molecule has 186 valence electrons. The average Bonchev–Trinajstić information content (AvgIpc) is 2.85. The van der Waals surface area contributed by atoms with Crippen molar-refractivity contribution in [3.05, 3.63) is 35.9 Å². The monoisotopic (exact) mass is 462 g/mol. The lowest BCUT2D eigenvalue weighted by atomic mass is 9.77. The Morgan fingerprint density at radius 2 is 1.48 bits per heavy atom. The Labute approximate surface area is 200 Å². The van der Waals surface area contributed by atoms with Crippen LogP contribution < -0.4 is 9.47 Å². The fraction of sp³-hybridized carbons (Fsp3) is 0.724. The van der Waals surface area contributed by atoms with E-state index in [-0.39, 0.29) is 5.75 Å². The van der Waals surface area contributed by atoms with Crippen LogP contribution in [-0.2, 0) is 0 Å². The third-order valence-electron chi connectivity index (χ3n) is 7.96. The van der Waals surface area contributed by atoms with Crippen LogP contribution in [0.2, 0.25) is 0 Å². The van der Waals surface area contributed by atoms with Gasteiger partial charge < -0.3 is 9.47 Å². The predicted molar refractivity (Wildman–Crippen MR) is 132 cm³/mol. The smallest absolute Gasteiger partial charge is 0.228 e. The lowest BCUT2D eigenvalue weighted by Crippen LogP contribution is -2.14. The van der Waals surface area contributed by atoms with Gasteiger partial charge in [0.15, 0.2) is 11.5 Å². The van der Waals surface area contributed by atoms with Gasteiger partial charge in [0.2, 0.25) is 13.7 Å². The van der Waals surface area contributed by atoms with Gasteiger partial charge in [-0.1, -0.05) is 50.8 Å². The predicted octanol–water partition coefficient (Wildman–Crippen LogP) is 9.30. The number of rotatable bonds is 13. The molecule has 0 bridgehead atoms. The highest BCUT2D eigenvalue weighted by atomic mass is 19.1. The van der Waals surface area contributed by atoms with Crippen LogP contribution in [-0.4, -0.2) is 13.7 Å². The van der Waals surface area contributed by atoms with E-state index in [0.717, 1.165) is 36.2 Å². The number of unbranched alkanes of at least 4 members (excludes halogenated alkanes) is 2. The van der Waals surface area contributed by atoms with Crippen LogP contribution in [0.15, 0.2) is 30.4 Å². The standard InChI is InChI=1S/C29H44F2O2/c1-2-3-4-7-23-10-12-24(13-11-23)8-5-6-9-25-14-16-26(17-15-25)27-18-19-28(32-21-30)29(20-27)33-22-31/h5,8,18-20,23-26H,2-4,6-7,9-17,21-22H2,1H3/b8-5+. The van der Waals surface area contributed by atoms with Gasteiger partial charge in [-0.3, -0.25) is 0 Å². The SMILES string of the molecule is CCCCCC1CCC(/C=C/CCC2CCC(c3ccc(OCF)c(OCF)c3)CC2)CC1. The Morgan fingerprint density at radius 3 is 2.18 bits per heavy atom. The van der Waals surface area contributed by atoms with E-state index in [1.807, 2.05) is 12.1 Å². The maximum atomic E-state index is 12.7. The van der Waals surface area contributed by atoms with Crippen molar-refractivity contribution in [1.29, 1.82) is 0 Å². The second kappa shape index (κ2) is 14.6. The summed E-state index contributed by atoms with van der Waals surface area (Å²) in [5.41, 5.74) is 1.15. The summed E-state index contributed by atoms with van der Waals surface area (Å²) in [6.07, 6.45) is 23.5. The number of halogens is 2. The zero-order chi connectivity index (χ0) is 23.3. The van der Waals surface area contributed by atoms with E-state index >= 15 is 0 Å². The first-order valence-electron chi connectivity index (χ1n) is 13.4. The summed E-state index contributed by atoms with van der Waals surface area (Å²) >= 11 is 0. The molecule has 2 saturated carbocycles. The van der Waals surface area contributed by atoms with Crippen LogP contribution in [0.25, 0.3) is 0 Å². The van der Waals surface area contributed by atoms with E-state index in [1.165, 1.54) is 77.0 Å². The van der Waals surface area contributed by atoms with Crippen LogP contribution in [0, 0.1) is 17.8 Å². The van der Waals surface area contributed by atoms with E-state index in [1.54, 1.807) is 6.07 Å². The molecule has 2 nitrogen and oxygen atoms in total. The molecule has 33 heavy (non-hydrogen) atoms. The van der Waals surface area contributed by atoms with Gasteiger partial charge in [-0.2, -0.15) is 0 Å². The zero-order valence-corrected chi connectivity index (χ0v) is 20.6. The van der Waals surface area contributed by atoms with Gasteiger partial charge in [-0.05, 0) is 106 Å². The molecule has 1 aromatic rings. The molecule has 2 fully saturated rings. The van der Waals surface area contributed by atoms with Crippen molar-refractivity contribution in [1.82, 2.24) is 0 Å². The molecule has 0 unspecified atom stereocenters. The molecule has 0 saturated heterocycles. The minimum absolute atomic E-state index is 0.268. The van der Waals surface area contributed by atoms with Crippen molar-refractivity contribution in [2.24, 2.45) is 17.8 Å². The quantitative estimate of drug-likeness (QED) is 0.215. The maximum absolute atomic E-state index is 12.7. The number of benzene rings is 1. The molecule has 0 heterocycles. The molecule has 2 aliphatic carbocycles. The normalized spacial score (nSPS) is 25.9. The van der Waals surface area contributed by atoms with E-state index in [0.29, 0.717) is 11.7 Å². The third-order valence-corrected chi connectivity index (χ3v) is 7.96. The summed E-state index contributed by atoms with van der Waals surface area (Å²) < 4.78 is 35.1. The molecular formula is C29H44F2O2. The highest BCUT2D eigenvalue weighted by Gasteiger charge is 2.23. The van der Waals surface area contributed by atoms with E-state index in [2.05, 4.69) is 19.1 Å². The molecule has 0 amide bonds. The van der Waals surface area contributed by atoms with Gasteiger partial charge in [-0.15, -0.1) is 0 Å². The number of alkyl halides is 2. The first-order valence-corrected chi connectivity index (χ1v) is 13.4. The Balaban J connectivity index is 1.34. The summed E-state index contributed by atoms with van der Waals surface area (Å²) in [7, 11) is 0. The van der Waals surface area contributed by atoms with Crippen molar-refractivity contribution >= 4 is 0 Å². The minimum atomic E-state index is -0.943. The number of allylic oxidation sites excluding steroid dienone is 2. The molecule has 0 spiro atoms. The van der Waals surface area contributed by atoms with E-state index in [9.17, 15) is 8.78 Å². The molecule has 1 aromatic carbocycles. The molecule has 0 aromatic heterocycles. The number of hydrogen-bond donors (Lipinski definition) is 0. The van der Waals surface area contributed by atoms with Gasteiger partial charge in [0, 0.05) is 0 Å². The molecule has 0 atom stereocenters. The summed E-state index contributed by atoms with van der Waals surface area (Å²) in [6.45, 7) is 0.411. The van der Waals surface area contributed by atoms with Gasteiger partial charge in [-0.25, -0.2) is 8.78 Å². The highest BCUT2D eigenvalue weighted by molar-refractivity contribution is 5.44. The zero-order valence-electron chi connectivity index (χ0n) is 20.6. The van der Waals surface area contributed by atoms with Gasteiger partial charge in [0.05, 0.1) is 0 Å². The number of hydrogen-bond acceptors (Lipinski definition) is 2. The molecule has 3 rings (SSSR count). The van der Waals surface area contributed by atoms with Crippen molar-refractivity contribution in [3.63, 3.8) is 0 Å². The Kier molecular flexibility index (Phi) is 11.5. The van der Waals surface area contributed by atoms with E-state index in [4.69, 9.17) is 9.47 Å². The fourth-order valence-corrected chi connectivity index (χ4v) is 5.89. The van der Waals surface area contributed by atoms with Crippen molar-refractivity contribution < 1.29 is 18.3 Å². The largest absolute Gasteiger partial charge is 0.459 e. The van der Waals surface area contributed by atoms with Crippen LogP contribution in [0.4, 0.5) is 8.78 Å². The first kappa shape index (κ1) is 26.0. The maximum Gasteiger partial charge on any atom is 0.228 e. The van der Waals surface area contributed by atoms with Crippen molar-refractivity contribution in [2.75, 3.05) is 13.7 Å². The fourth-order valence-electron chi connectivity index (χ4n) is 5.89. The molecule has 0 radical (unpaired) electrons. The second-order valence-electron chi connectivity index (χ2n) is 10.2.